The van der Waals surface area contributed by atoms with E-state index in [4.69, 9.17) is 0 Å². The molecule has 0 atom stereocenters. The van der Waals surface area contributed by atoms with Crippen molar-refractivity contribution < 1.29 is 4.79 Å². The van der Waals surface area contributed by atoms with Gasteiger partial charge < -0.3 is 5.32 Å². The zero-order valence-corrected chi connectivity index (χ0v) is 11.2. The first kappa shape index (κ1) is 12.3. The fourth-order valence-electron chi connectivity index (χ4n) is 2.02. The summed E-state index contributed by atoms with van der Waals surface area (Å²) in [6.07, 6.45) is 7.05. The molecule has 0 radical (unpaired) electrons. The summed E-state index contributed by atoms with van der Waals surface area (Å²) in [7, 11) is 1.58. The Hall–Kier alpha value is -2.76. The van der Waals surface area contributed by atoms with Crippen LogP contribution < -0.4 is 5.32 Å². The summed E-state index contributed by atoms with van der Waals surface area (Å²) in [4.78, 5) is 20.1. The van der Waals surface area contributed by atoms with E-state index >= 15 is 0 Å². The molecule has 3 aromatic heterocycles. The minimum absolute atomic E-state index is 0.216. The maximum absolute atomic E-state index is 11.6. The van der Waals surface area contributed by atoms with E-state index in [1.165, 1.54) is 0 Å². The van der Waals surface area contributed by atoms with Crippen LogP contribution in [-0.2, 0) is 0 Å². The van der Waals surface area contributed by atoms with Crippen molar-refractivity contribution in [2.45, 2.75) is 6.92 Å². The van der Waals surface area contributed by atoms with Gasteiger partial charge in [0.15, 0.2) is 5.65 Å². The highest BCUT2D eigenvalue weighted by Gasteiger charge is 2.11. The Kier molecular flexibility index (Phi) is 2.90. The number of aryl methyl sites for hydroxylation is 1. The SMILES string of the molecule is CNC(=O)c1cc(-c2cnn3cc(C)cnc23)ccn1. The van der Waals surface area contributed by atoms with Gasteiger partial charge in [0.2, 0.25) is 0 Å². The molecule has 1 amide bonds. The van der Waals surface area contributed by atoms with Crippen molar-refractivity contribution in [2.24, 2.45) is 0 Å². The van der Waals surface area contributed by atoms with Crippen molar-refractivity contribution in [1.82, 2.24) is 24.9 Å². The van der Waals surface area contributed by atoms with E-state index in [9.17, 15) is 4.79 Å². The van der Waals surface area contributed by atoms with E-state index in [2.05, 4.69) is 20.4 Å². The molecule has 0 aliphatic rings. The monoisotopic (exact) mass is 267 g/mol. The summed E-state index contributed by atoms with van der Waals surface area (Å²) >= 11 is 0. The Labute approximate surface area is 115 Å². The third kappa shape index (κ3) is 2.01. The Balaban J connectivity index is 2.13. The van der Waals surface area contributed by atoms with Gasteiger partial charge in [-0.1, -0.05) is 0 Å². The van der Waals surface area contributed by atoms with Crippen LogP contribution >= 0.6 is 0 Å². The first-order valence-electron chi connectivity index (χ1n) is 6.17. The lowest BCUT2D eigenvalue weighted by molar-refractivity contribution is 0.0958. The molecule has 1 N–H and O–H groups in total. The van der Waals surface area contributed by atoms with Crippen LogP contribution in [0.5, 0.6) is 0 Å². The molecule has 6 nitrogen and oxygen atoms in total. The summed E-state index contributed by atoms with van der Waals surface area (Å²) in [6.45, 7) is 1.96. The van der Waals surface area contributed by atoms with Crippen LogP contribution in [0.1, 0.15) is 16.1 Å². The molecule has 0 saturated heterocycles. The maximum atomic E-state index is 11.6. The van der Waals surface area contributed by atoms with Crippen LogP contribution in [0.15, 0.2) is 36.9 Å². The number of hydrogen-bond donors (Lipinski definition) is 1. The molecular weight excluding hydrogens is 254 g/mol. The second kappa shape index (κ2) is 4.73. The van der Waals surface area contributed by atoms with E-state index in [1.54, 1.807) is 36.2 Å². The Morgan fingerprint density at radius 3 is 2.95 bits per heavy atom. The van der Waals surface area contributed by atoms with Gasteiger partial charge in [0.25, 0.3) is 5.91 Å². The molecule has 0 unspecified atom stereocenters. The Morgan fingerprint density at radius 1 is 1.30 bits per heavy atom. The number of carbonyl (C=O) groups excluding carboxylic acids is 1. The zero-order valence-electron chi connectivity index (χ0n) is 11.2. The molecule has 0 aliphatic heterocycles. The topological polar surface area (TPSA) is 72.2 Å². The lowest BCUT2D eigenvalue weighted by Gasteiger charge is -2.02. The van der Waals surface area contributed by atoms with Gasteiger partial charge in [-0.3, -0.25) is 9.78 Å². The van der Waals surface area contributed by atoms with Crippen molar-refractivity contribution in [3.05, 3.63) is 48.2 Å². The van der Waals surface area contributed by atoms with E-state index in [0.717, 1.165) is 22.3 Å². The van der Waals surface area contributed by atoms with Gasteiger partial charge in [0.1, 0.15) is 5.69 Å². The van der Waals surface area contributed by atoms with Gasteiger partial charge in [-0.2, -0.15) is 5.10 Å². The normalized spacial score (nSPS) is 10.7. The number of carbonyl (C=O) groups is 1. The van der Waals surface area contributed by atoms with Crippen LogP contribution in [0.4, 0.5) is 0 Å². The molecule has 0 aliphatic carbocycles. The molecule has 0 spiro atoms. The molecule has 20 heavy (non-hydrogen) atoms. The Bertz CT molecular complexity index is 793. The number of pyridine rings is 1. The highest BCUT2D eigenvalue weighted by Crippen LogP contribution is 2.23. The summed E-state index contributed by atoms with van der Waals surface area (Å²) in [5, 5.41) is 6.84. The van der Waals surface area contributed by atoms with Crippen LogP contribution in [0.2, 0.25) is 0 Å². The molecule has 3 aromatic rings. The van der Waals surface area contributed by atoms with E-state index in [-0.39, 0.29) is 5.91 Å². The minimum atomic E-state index is -0.216. The molecule has 3 rings (SSSR count). The van der Waals surface area contributed by atoms with Gasteiger partial charge >= 0.3 is 0 Å². The number of nitrogens with one attached hydrogen (secondary N) is 1. The zero-order chi connectivity index (χ0) is 14.1. The number of rotatable bonds is 2. The highest BCUT2D eigenvalue weighted by molar-refractivity contribution is 5.93. The third-order valence-electron chi connectivity index (χ3n) is 3.02. The van der Waals surface area contributed by atoms with Gasteiger partial charge in [-0.05, 0) is 30.2 Å². The summed E-state index contributed by atoms with van der Waals surface area (Å²) in [5.74, 6) is -0.216. The molecule has 0 fully saturated rings. The first-order valence-corrected chi connectivity index (χ1v) is 6.17. The molecular formula is C14H13N5O. The lowest BCUT2D eigenvalue weighted by atomic mass is 10.1. The predicted octanol–water partition coefficient (Wildman–Crippen LogP) is 1.46. The van der Waals surface area contributed by atoms with Gasteiger partial charge in [0, 0.05) is 31.2 Å². The second-order valence-electron chi connectivity index (χ2n) is 4.47. The standard InChI is InChI=1S/C14H13N5O/c1-9-6-17-13-11(7-18-19(13)8-9)10-3-4-16-12(5-10)14(20)15-2/h3-8H,1-2H3,(H,15,20). The van der Waals surface area contributed by atoms with Crippen molar-refractivity contribution in [3.8, 4) is 11.1 Å². The minimum Gasteiger partial charge on any atom is -0.354 e. The van der Waals surface area contributed by atoms with Crippen LogP contribution in [-0.4, -0.2) is 32.5 Å². The van der Waals surface area contributed by atoms with Crippen LogP contribution in [0.25, 0.3) is 16.8 Å². The number of amides is 1. The number of fused-ring (bicyclic) bond motifs is 1. The van der Waals surface area contributed by atoms with Crippen molar-refractivity contribution in [1.29, 1.82) is 0 Å². The molecule has 3 heterocycles. The van der Waals surface area contributed by atoms with Gasteiger partial charge in [-0.15, -0.1) is 0 Å². The number of nitrogens with zero attached hydrogens (tertiary/aromatic N) is 4. The van der Waals surface area contributed by atoms with Crippen molar-refractivity contribution in [3.63, 3.8) is 0 Å². The Morgan fingerprint density at radius 2 is 2.15 bits per heavy atom. The summed E-state index contributed by atoms with van der Waals surface area (Å²) < 4.78 is 1.73. The quantitative estimate of drug-likeness (QED) is 0.763. The van der Waals surface area contributed by atoms with Gasteiger partial charge in [-0.25, -0.2) is 9.50 Å². The molecule has 0 bridgehead atoms. The summed E-state index contributed by atoms with van der Waals surface area (Å²) in [5.41, 5.74) is 3.90. The van der Waals surface area contributed by atoms with Crippen LogP contribution in [0, 0.1) is 6.92 Å². The fourth-order valence-corrected chi connectivity index (χ4v) is 2.02. The van der Waals surface area contributed by atoms with E-state index in [0.29, 0.717) is 5.69 Å². The second-order valence-corrected chi connectivity index (χ2v) is 4.47. The smallest absolute Gasteiger partial charge is 0.269 e. The third-order valence-corrected chi connectivity index (χ3v) is 3.02. The van der Waals surface area contributed by atoms with Crippen molar-refractivity contribution >= 4 is 11.6 Å². The lowest BCUT2D eigenvalue weighted by Crippen LogP contribution is -2.19. The van der Waals surface area contributed by atoms with Gasteiger partial charge in [0.05, 0.1) is 6.20 Å². The molecule has 0 saturated carbocycles. The average Bonchev–Trinajstić information content (AvgIpc) is 2.89. The predicted molar refractivity (Wildman–Crippen MR) is 74.3 cm³/mol. The fraction of sp³-hybridized carbons (Fsp3) is 0.143. The largest absolute Gasteiger partial charge is 0.354 e. The number of aromatic nitrogens is 4. The molecule has 0 aromatic carbocycles. The van der Waals surface area contributed by atoms with Crippen molar-refractivity contribution in [2.75, 3.05) is 7.05 Å². The van der Waals surface area contributed by atoms with E-state index in [1.807, 2.05) is 19.2 Å². The van der Waals surface area contributed by atoms with Crippen LogP contribution in [0.3, 0.4) is 0 Å². The number of hydrogen-bond acceptors (Lipinski definition) is 4. The summed E-state index contributed by atoms with van der Waals surface area (Å²) in [6, 6.07) is 3.57. The molecule has 6 heteroatoms. The highest BCUT2D eigenvalue weighted by atomic mass is 16.1. The maximum Gasteiger partial charge on any atom is 0.269 e. The molecule has 100 valence electrons. The first-order chi connectivity index (χ1) is 9.69. The van der Waals surface area contributed by atoms with E-state index < -0.39 is 0 Å². The average molecular weight is 267 g/mol.